The molecule has 0 aromatic rings. The van der Waals surface area contributed by atoms with Crippen LogP contribution in [0.4, 0.5) is 0 Å². The number of ether oxygens (including phenoxy) is 1. The largest absolute Gasteiger partial charge is 0.381 e. The first kappa shape index (κ1) is 17.0. The molecule has 2 heteroatoms. The summed E-state index contributed by atoms with van der Waals surface area (Å²) in [4.78, 5) is 0. The van der Waals surface area contributed by atoms with E-state index in [1.54, 1.807) is 0 Å². The van der Waals surface area contributed by atoms with E-state index in [9.17, 15) is 0 Å². The van der Waals surface area contributed by atoms with E-state index in [4.69, 9.17) is 4.74 Å². The Kier molecular flexibility index (Phi) is 6.82. The van der Waals surface area contributed by atoms with Crippen molar-refractivity contribution in [3.63, 3.8) is 0 Å². The van der Waals surface area contributed by atoms with Gasteiger partial charge in [0.2, 0.25) is 0 Å². The normalized spacial score (nSPS) is 19.3. The first-order chi connectivity index (χ1) is 8.83. The van der Waals surface area contributed by atoms with Gasteiger partial charge in [0.05, 0.1) is 0 Å². The maximum absolute atomic E-state index is 5.84. The fourth-order valence-corrected chi connectivity index (χ4v) is 2.80. The minimum absolute atomic E-state index is 0.230. The standard InChI is InChI=1S/C17H35NO/c1-15(2)8-12-19-13-11-17(9-6-7-10-17)14-18-16(3,4)5/h15,18H,6-14H2,1-5H3. The third-order valence-electron chi connectivity index (χ3n) is 4.27. The van der Waals surface area contributed by atoms with Crippen LogP contribution in [0, 0.1) is 11.3 Å². The Balaban J connectivity index is 2.27. The average molecular weight is 269 g/mol. The smallest absolute Gasteiger partial charge is 0.0471 e. The first-order valence-corrected chi connectivity index (χ1v) is 8.16. The van der Waals surface area contributed by atoms with Crippen LogP contribution >= 0.6 is 0 Å². The van der Waals surface area contributed by atoms with Gasteiger partial charge in [0.25, 0.3) is 0 Å². The molecule has 1 fully saturated rings. The Bertz CT molecular complexity index is 236. The predicted octanol–water partition coefficient (Wildman–Crippen LogP) is 4.39. The van der Waals surface area contributed by atoms with Crippen LogP contribution in [0.2, 0.25) is 0 Å². The van der Waals surface area contributed by atoms with Crippen LogP contribution < -0.4 is 5.32 Å². The van der Waals surface area contributed by atoms with Gasteiger partial charge in [0.1, 0.15) is 0 Å². The molecule has 1 rings (SSSR count). The van der Waals surface area contributed by atoms with Crippen molar-refractivity contribution in [3.8, 4) is 0 Å². The van der Waals surface area contributed by atoms with Gasteiger partial charge in [0.15, 0.2) is 0 Å². The number of nitrogens with one attached hydrogen (secondary N) is 1. The summed E-state index contributed by atoms with van der Waals surface area (Å²) in [5.41, 5.74) is 0.735. The zero-order valence-electron chi connectivity index (χ0n) is 13.8. The number of rotatable bonds is 8. The molecule has 0 aliphatic heterocycles. The summed E-state index contributed by atoms with van der Waals surface area (Å²) in [5, 5.41) is 3.71. The lowest BCUT2D eigenvalue weighted by Crippen LogP contribution is -2.43. The van der Waals surface area contributed by atoms with Crippen molar-refractivity contribution in [2.45, 2.75) is 78.7 Å². The molecule has 0 spiro atoms. The van der Waals surface area contributed by atoms with E-state index in [2.05, 4.69) is 39.9 Å². The van der Waals surface area contributed by atoms with Gasteiger partial charge in [-0.2, -0.15) is 0 Å². The molecule has 0 atom stereocenters. The Morgan fingerprint density at radius 3 is 2.26 bits per heavy atom. The third kappa shape index (κ3) is 7.31. The van der Waals surface area contributed by atoms with E-state index in [0.29, 0.717) is 5.41 Å². The van der Waals surface area contributed by atoms with Crippen LogP contribution in [0.25, 0.3) is 0 Å². The second kappa shape index (κ2) is 7.64. The highest BCUT2D eigenvalue weighted by Crippen LogP contribution is 2.40. The van der Waals surface area contributed by atoms with Crippen molar-refractivity contribution in [3.05, 3.63) is 0 Å². The van der Waals surface area contributed by atoms with Gasteiger partial charge in [-0.1, -0.05) is 26.7 Å². The first-order valence-electron chi connectivity index (χ1n) is 8.16. The van der Waals surface area contributed by atoms with Crippen molar-refractivity contribution in [2.24, 2.45) is 11.3 Å². The Morgan fingerprint density at radius 2 is 1.74 bits per heavy atom. The van der Waals surface area contributed by atoms with Gasteiger partial charge < -0.3 is 10.1 Å². The fraction of sp³-hybridized carbons (Fsp3) is 1.00. The third-order valence-corrected chi connectivity index (χ3v) is 4.27. The monoisotopic (exact) mass is 269 g/mol. The molecule has 0 heterocycles. The molecule has 1 N–H and O–H groups in total. The van der Waals surface area contributed by atoms with Crippen LogP contribution in [0.1, 0.15) is 73.1 Å². The van der Waals surface area contributed by atoms with Gasteiger partial charge in [0, 0.05) is 25.3 Å². The molecule has 0 saturated heterocycles. The van der Waals surface area contributed by atoms with Crippen molar-refractivity contribution in [2.75, 3.05) is 19.8 Å². The highest BCUT2D eigenvalue weighted by molar-refractivity contribution is 4.88. The van der Waals surface area contributed by atoms with E-state index in [0.717, 1.165) is 25.7 Å². The van der Waals surface area contributed by atoms with E-state index in [-0.39, 0.29) is 5.54 Å². The van der Waals surface area contributed by atoms with Crippen LogP contribution in [-0.2, 0) is 4.74 Å². The van der Waals surface area contributed by atoms with Crippen LogP contribution in [-0.4, -0.2) is 25.3 Å². The molecular weight excluding hydrogens is 234 g/mol. The number of hydrogen-bond acceptors (Lipinski definition) is 2. The maximum Gasteiger partial charge on any atom is 0.0471 e. The van der Waals surface area contributed by atoms with Gasteiger partial charge in [-0.15, -0.1) is 0 Å². The zero-order chi connectivity index (χ0) is 14.4. The minimum atomic E-state index is 0.230. The molecule has 0 bridgehead atoms. The molecule has 0 unspecified atom stereocenters. The molecule has 1 aliphatic carbocycles. The lowest BCUT2D eigenvalue weighted by Gasteiger charge is -2.33. The van der Waals surface area contributed by atoms with E-state index in [1.165, 1.54) is 38.5 Å². The molecule has 1 saturated carbocycles. The zero-order valence-corrected chi connectivity index (χ0v) is 13.8. The van der Waals surface area contributed by atoms with E-state index >= 15 is 0 Å². The summed E-state index contributed by atoms with van der Waals surface area (Å²) in [5.74, 6) is 0.753. The molecule has 19 heavy (non-hydrogen) atoms. The molecule has 2 nitrogen and oxygen atoms in total. The highest BCUT2D eigenvalue weighted by atomic mass is 16.5. The lowest BCUT2D eigenvalue weighted by atomic mass is 9.82. The summed E-state index contributed by atoms with van der Waals surface area (Å²) >= 11 is 0. The summed E-state index contributed by atoms with van der Waals surface area (Å²) in [6.07, 6.45) is 7.98. The Hall–Kier alpha value is -0.0800. The SMILES string of the molecule is CC(C)CCOCCC1(CNC(C)(C)C)CCCC1. The van der Waals surface area contributed by atoms with Gasteiger partial charge in [-0.05, 0) is 57.8 Å². The summed E-state index contributed by atoms with van der Waals surface area (Å²) in [6, 6.07) is 0. The molecule has 0 amide bonds. The van der Waals surface area contributed by atoms with Crippen LogP contribution in [0.5, 0.6) is 0 Å². The van der Waals surface area contributed by atoms with E-state index < -0.39 is 0 Å². The van der Waals surface area contributed by atoms with Gasteiger partial charge in [-0.25, -0.2) is 0 Å². The highest BCUT2D eigenvalue weighted by Gasteiger charge is 2.34. The van der Waals surface area contributed by atoms with E-state index in [1.807, 2.05) is 0 Å². The molecule has 0 aromatic heterocycles. The Labute approximate surface area is 120 Å². The average Bonchev–Trinajstić information content (AvgIpc) is 2.74. The maximum atomic E-state index is 5.84. The second-order valence-electron chi connectivity index (χ2n) is 7.86. The molecule has 114 valence electrons. The molecular formula is C17H35NO. The van der Waals surface area contributed by atoms with Crippen molar-refractivity contribution < 1.29 is 4.74 Å². The van der Waals surface area contributed by atoms with Crippen LogP contribution in [0.15, 0.2) is 0 Å². The van der Waals surface area contributed by atoms with Gasteiger partial charge in [-0.3, -0.25) is 0 Å². The quantitative estimate of drug-likeness (QED) is 0.660. The van der Waals surface area contributed by atoms with Crippen molar-refractivity contribution >= 4 is 0 Å². The molecule has 0 aromatic carbocycles. The number of hydrogen-bond donors (Lipinski definition) is 1. The van der Waals surface area contributed by atoms with Crippen LogP contribution in [0.3, 0.4) is 0 Å². The van der Waals surface area contributed by atoms with Crippen molar-refractivity contribution in [1.82, 2.24) is 5.32 Å². The second-order valence-corrected chi connectivity index (χ2v) is 7.86. The predicted molar refractivity (Wildman–Crippen MR) is 83.5 cm³/mol. The summed E-state index contributed by atoms with van der Waals surface area (Å²) in [6.45, 7) is 14.3. The van der Waals surface area contributed by atoms with Crippen molar-refractivity contribution in [1.29, 1.82) is 0 Å². The topological polar surface area (TPSA) is 21.3 Å². The molecule has 1 aliphatic rings. The fourth-order valence-electron chi connectivity index (χ4n) is 2.80. The molecule has 0 radical (unpaired) electrons. The van der Waals surface area contributed by atoms with Gasteiger partial charge >= 0.3 is 0 Å². The lowest BCUT2D eigenvalue weighted by molar-refractivity contribution is 0.0844. The summed E-state index contributed by atoms with van der Waals surface area (Å²) in [7, 11) is 0. The minimum Gasteiger partial charge on any atom is -0.381 e. The summed E-state index contributed by atoms with van der Waals surface area (Å²) < 4.78 is 5.84. The Morgan fingerprint density at radius 1 is 1.11 bits per heavy atom.